The van der Waals surface area contributed by atoms with Gasteiger partial charge in [0.15, 0.2) is 0 Å². The third kappa shape index (κ3) is 2.32. The predicted molar refractivity (Wildman–Crippen MR) is 101 cm³/mol. The second-order valence-corrected chi connectivity index (χ2v) is 6.96. The molecule has 0 saturated carbocycles. The van der Waals surface area contributed by atoms with E-state index >= 15 is 0 Å². The number of H-pyrrole nitrogens is 1. The number of aromatic nitrogens is 1. The second-order valence-electron chi connectivity index (χ2n) is 6.96. The summed E-state index contributed by atoms with van der Waals surface area (Å²) < 4.78 is 0. The highest BCUT2D eigenvalue weighted by molar-refractivity contribution is 6.01. The Balaban J connectivity index is 1.48. The molecule has 25 heavy (non-hydrogen) atoms. The second kappa shape index (κ2) is 5.66. The Morgan fingerprint density at radius 3 is 2.92 bits per heavy atom. The van der Waals surface area contributed by atoms with Crippen molar-refractivity contribution in [2.24, 2.45) is 0 Å². The lowest BCUT2D eigenvalue weighted by molar-refractivity contribution is -0.118. The fraction of sp³-hybridized carbons (Fsp3) is 0.286. The molecule has 2 aliphatic heterocycles. The lowest BCUT2D eigenvalue weighted by atomic mass is 9.97. The molecule has 0 radical (unpaired) electrons. The van der Waals surface area contributed by atoms with Gasteiger partial charge in [-0.1, -0.05) is 30.3 Å². The fourth-order valence-corrected chi connectivity index (χ4v) is 4.29. The topological polar surface area (TPSA) is 39.3 Å². The number of nitrogens with one attached hydrogen (secondary N) is 1. The largest absolute Gasteiger partial charge is 0.368 e. The average molecular weight is 331 g/mol. The van der Waals surface area contributed by atoms with Crippen LogP contribution in [0.2, 0.25) is 0 Å². The Kier molecular flexibility index (Phi) is 3.30. The number of hydrogen-bond acceptors (Lipinski definition) is 2. The first-order valence-corrected chi connectivity index (χ1v) is 9.03. The first-order chi connectivity index (χ1) is 12.3. The smallest absolute Gasteiger partial charge is 0.231 e. The molecule has 0 atom stereocenters. The third-order valence-corrected chi connectivity index (χ3v) is 5.49. The lowest BCUT2D eigenvalue weighted by Gasteiger charge is -2.41. The van der Waals surface area contributed by atoms with Crippen molar-refractivity contribution in [2.75, 3.05) is 29.4 Å². The SMILES string of the molecule is O=C(Cc1c[nH]c2ccccc12)N1CCN2CCCc3cccc1c32. The number of hydrogen-bond donors (Lipinski definition) is 1. The van der Waals surface area contributed by atoms with Crippen molar-refractivity contribution in [1.82, 2.24) is 4.98 Å². The van der Waals surface area contributed by atoms with Gasteiger partial charge in [-0.15, -0.1) is 0 Å². The quantitative estimate of drug-likeness (QED) is 0.780. The Labute approximate surface area is 147 Å². The summed E-state index contributed by atoms with van der Waals surface area (Å²) in [7, 11) is 0. The number of anilines is 2. The van der Waals surface area contributed by atoms with Crippen molar-refractivity contribution in [2.45, 2.75) is 19.3 Å². The number of benzene rings is 2. The summed E-state index contributed by atoms with van der Waals surface area (Å²) in [5.74, 6) is 0.184. The molecule has 0 spiro atoms. The number of nitrogens with zero attached hydrogens (tertiary/aromatic N) is 2. The highest BCUT2D eigenvalue weighted by Gasteiger charge is 2.30. The molecular formula is C21H21N3O. The number of aromatic amines is 1. The van der Waals surface area contributed by atoms with Crippen LogP contribution in [-0.2, 0) is 17.6 Å². The molecule has 126 valence electrons. The Morgan fingerprint density at radius 2 is 1.96 bits per heavy atom. The fourth-order valence-electron chi connectivity index (χ4n) is 4.29. The summed E-state index contributed by atoms with van der Waals surface area (Å²) in [5.41, 5.74) is 5.92. The van der Waals surface area contributed by atoms with Crippen molar-refractivity contribution in [3.05, 3.63) is 59.8 Å². The van der Waals surface area contributed by atoms with E-state index in [4.69, 9.17) is 0 Å². The summed E-state index contributed by atoms with van der Waals surface area (Å²) in [6.45, 7) is 2.82. The summed E-state index contributed by atoms with van der Waals surface area (Å²) in [6.07, 6.45) is 4.73. The van der Waals surface area contributed by atoms with Gasteiger partial charge in [-0.2, -0.15) is 0 Å². The molecule has 1 N–H and O–H groups in total. The Morgan fingerprint density at radius 1 is 1.04 bits per heavy atom. The zero-order valence-electron chi connectivity index (χ0n) is 14.2. The maximum atomic E-state index is 13.1. The third-order valence-electron chi connectivity index (χ3n) is 5.49. The molecule has 4 nitrogen and oxygen atoms in total. The van der Waals surface area contributed by atoms with Crippen LogP contribution in [0.25, 0.3) is 10.9 Å². The number of amides is 1. The van der Waals surface area contributed by atoms with Crippen molar-refractivity contribution in [3.8, 4) is 0 Å². The average Bonchev–Trinajstić information content (AvgIpc) is 3.05. The van der Waals surface area contributed by atoms with E-state index in [0.717, 1.165) is 48.2 Å². The molecule has 4 heteroatoms. The molecule has 0 aliphatic carbocycles. The van der Waals surface area contributed by atoms with Gasteiger partial charge in [-0.05, 0) is 36.1 Å². The Hall–Kier alpha value is -2.75. The van der Waals surface area contributed by atoms with E-state index < -0.39 is 0 Å². The molecule has 1 aromatic heterocycles. The van der Waals surface area contributed by atoms with Gasteiger partial charge < -0.3 is 14.8 Å². The zero-order chi connectivity index (χ0) is 16.8. The molecular weight excluding hydrogens is 310 g/mol. The van der Waals surface area contributed by atoms with Gasteiger partial charge in [-0.3, -0.25) is 4.79 Å². The van der Waals surface area contributed by atoms with Crippen LogP contribution >= 0.6 is 0 Å². The summed E-state index contributed by atoms with van der Waals surface area (Å²) >= 11 is 0. The van der Waals surface area contributed by atoms with Gasteiger partial charge in [-0.25, -0.2) is 0 Å². The number of carbonyl (C=O) groups excluding carboxylic acids is 1. The normalized spacial score (nSPS) is 16.2. The van der Waals surface area contributed by atoms with Gasteiger partial charge in [0, 0.05) is 36.7 Å². The number of para-hydroxylation sites is 2. The zero-order valence-corrected chi connectivity index (χ0v) is 14.2. The van der Waals surface area contributed by atoms with Crippen molar-refractivity contribution in [1.29, 1.82) is 0 Å². The van der Waals surface area contributed by atoms with E-state index in [0.29, 0.717) is 6.42 Å². The molecule has 5 rings (SSSR count). The van der Waals surface area contributed by atoms with Crippen LogP contribution in [0.1, 0.15) is 17.5 Å². The maximum absolute atomic E-state index is 13.1. The van der Waals surface area contributed by atoms with Crippen LogP contribution in [0, 0.1) is 0 Å². The molecule has 1 amide bonds. The van der Waals surface area contributed by atoms with Crippen LogP contribution in [0.5, 0.6) is 0 Å². The van der Waals surface area contributed by atoms with E-state index in [9.17, 15) is 4.79 Å². The molecule has 2 aromatic carbocycles. The van der Waals surface area contributed by atoms with Crippen LogP contribution in [0.3, 0.4) is 0 Å². The molecule has 2 aliphatic rings. The monoisotopic (exact) mass is 331 g/mol. The highest BCUT2D eigenvalue weighted by atomic mass is 16.2. The number of rotatable bonds is 2. The number of fused-ring (bicyclic) bond motifs is 1. The highest BCUT2D eigenvalue weighted by Crippen LogP contribution is 2.39. The molecule has 0 saturated heterocycles. The van der Waals surface area contributed by atoms with E-state index in [1.54, 1.807) is 0 Å². The van der Waals surface area contributed by atoms with E-state index in [2.05, 4.69) is 40.2 Å². The first kappa shape index (κ1) is 14.6. The minimum atomic E-state index is 0.184. The predicted octanol–water partition coefficient (Wildman–Crippen LogP) is 3.51. The van der Waals surface area contributed by atoms with Crippen molar-refractivity contribution in [3.63, 3.8) is 0 Å². The van der Waals surface area contributed by atoms with E-state index in [1.807, 2.05) is 23.2 Å². The van der Waals surface area contributed by atoms with Gasteiger partial charge in [0.1, 0.15) is 0 Å². The van der Waals surface area contributed by atoms with Crippen molar-refractivity contribution < 1.29 is 4.79 Å². The standard InChI is InChI=1S/C21H21N3O/c25-20(13-16-14-22-18-8-2-1-7-17(16)18)24-12-11-23-10-4-6-15-5-3-9-19(24)21(15)23/h1-3,5,7-9,14,22H,4,6,10-13H2. The minimum Gasteiger partial charge on any atom is -0.368 e. The van der Waals surface area contributed by atoms with Crippen LogP contribution in [0.15, 0.2) is 48.7 Å². The molecule has 0 bridgehead atoms. The summed E-state index contributed by atoms with van der Waals surface area (Å²) in [6, 6.07) is 14.6. The van der Waals surface area contributed by atoms with Crippen LogP contribution in [-0.4, -0.2) is 30.5 Å². The molecule has 3 heterocycles. The van der Waals surface area contributed by atoms with E-state index in [-0.39, 0.29) is 5.91 Å². The van der Waals surface area contributed by atoms with E-state index in [1.165, 1.54) is 17.7 Å². The summed E-state index contributed by atoms with van der Waals surface area (Å²) in [4.78, 5) is 20.8. The van der Waals surface area contributed by atoms with Gasteiger partial charge >= 0.3 is 0 Å². The Bertz CT molecular complexity index is 959. The van der Waals surface area contributed by atoms with Crippen LogP contribution in [0.4, 0.5) is 11.4 Å². The number of carbonyl (C=O) groups is 1. The maximum Gasteiger partial charge on any atom is 0.231 e. The molecule has 0 unspecified atom stereocenters. The van der Waals surface area contributed by atoms with Gasteiger partial charge in [0.25, 0.3) is 0 Å². The first-order valence-electron chi connectivity index (χ1n) is 9.03. The number of aryl methyl sites for hydroxylation is 1. The molecule has 3 aromatic rings. The van der Waals surface area contributed by atoms with Gasteiger partial charge in [0.2, 0.25) is 5.91 Å². The minimum absolute atomic E-state index is 0.184. The van der Waals surface area contributed by atoms with Crippen molar-refractivity contribution >= 4 is 28.2 Å². The van der Waals surface area contributed by atoms with Gasteiger partial charge in [0.05, 0.1) is 17.8 Å². The molecule has 0 fully saturated rings. The summed E-state index contributed by atoms with van der Waals surface area (Å²) in [5, 5.41) is 1.14. The van der Waals surface area contributed by atoms with Crippen LogP contribution < -0.4 is 9.80 Å². The lowest BCUT2D eigenvalue weighted by Crippen LogP contribution is -2.46.